The zero-order valence-corrected chi connectivity index (χ0v) is 25.6. The highest BCUT2D eigenvalue weighted by Gasteiger charge is 2.39. The van der Waals surface area contributed by atoms with Crippen LogP contribution in [0.15, 0.2) is 30.5 Å². The zero-order chi connectivity index (χ0) is 36.2. The first-order valence-corrected chi connectivity index (χ1v) is 14.4. The molecule has 5 N–H and O–H groups in total. The van der Waals surface area contributed by atoms with Gasteiger partial charge in [-0.3, -0.25) is 4.79 Å². The molecule has 2 aromatic heterocycles. The molecule has 48 heavy (non-hydrogen) atoms. The van der Waals surface area contributed by atoms with Crippen molar-refractivity contribution in [1.29, 1.82) is 0 Å². The van der Waals surface area contributed by atoms with Gasteiger partial charge >= 0.3 is 30.4 Å². The number of carboxylic acid groups (broad SMARTS) is 3. The molecule has 2 amide bonds. The number of piperazine rings is 1. The fourth-order valence-electron chi connectivity index (χ4n) is 4.59. The molecular formula is C28H34F6N6O8. The minimum atomic E-state index is -5.08. The van der Waals surface area contributed by atoms with Gasteiger partial charge in [-0.2, -0.15) is 26.3 Å². The number of carbonyl (C=O) groups excluding carboxylic acids is 1. The van der Waals surface area contributed by atoms with E-state index in [2.05, 4.69) is 27.4 Å². The lowest BCUT2D eigenvalue weighted by Crippen LogP contribution is -2.52. The third kappa shape index (κ3) is 11.4. The number of aromatic nitrogens is 2. The average Bonchev–Trinajstić information content (AvgIpc) is 3.50. The predicted octanol–water partition coefficient (Wildman–Crippen LogP) is 3.48. The molecule has 0 bridgehead atoms. The number of amides is 2. The molecular weight excluding hydrogens is 662 g/mol. The first-order chi connectivity index (χ1) is 22.4. The Labute approximate surface area is 269 Å². The van der Waals surface area contributed by atoms with Gasteiger partial charge in [0.25, 0.3) is 5.91 Å². The van der Waals surface area contributed by atoms with E-state index in [0.717, 1.165) is 37.3 Å². The van der Waals surface area contributed by atoms with E-state index in [0.29, 0.717) is 36.8 Å². The normalized spacial score (nSPS) is 17.7. The van der Waals surface area contributed by atoms with Crippen molar-refractivity contribution in [3.8, 4) is 17.1 Å². The number of rotatable bonds is 7. The van der Waals surface area contributed by atoms with Crippen LogP contribution >= 0.6 is 0 Å². The van der Waals surface area contributed by atoms with Crippen LogP contribution in [-0.4, -0.2) is 118 Å². The van der Waals surface area contributed by atoms with Crippen LogP contribution in [0.2, 0.25) is 0 Å². The summed E-state index contributed by atoms with van der Waals surface area (Å²) >= 11 is 0. The maximum Gasteiger partial charge on any atom is 0.490 e. The van der Waals surface area contributed by atoms with E-state index in [-0.39, 0.29) is 24.5 Å². The van der Waals surface area contributed by atoms with E-state index in [1.807, 2.05) is 31.2 Å². The number of alkyl halides is 6. The second-order valence-corrected chi connectivity index (χ2v) is 10.1. The van der Waals surface area contributed by atoms with Crippen LogP contribution in [0.3, 0.4) is 0 Å². The van der Waals surface area contributed by atoms with Crippen molar-refractivity contribution in [3.05, 3.63) is 36.2 Å². The molecule has 20 heteroatoms. The number of nitrogens with zero attached hydrogens (tertiary/aromatic N) is 4. The van der Waals surface area contributed by atoms with E-state index in [1.54, 1.807) is 6.20 Å². The predicted molar refractivity (Wildman–Crippen MR) is 156 cm³/mol. The number of ether oxygens (including phenoxy) is 1. The van der Waals surface area contributed by atoms with Crippen LogP contribution in [0, 0.1) is 0 Å². The summed E-state index contributed by atoms with van der Waals surface area (Å²) in [5.74, 6) is -5.34. The molecule has 2 aliphatic rings. The van der Waals surface area contributed by atoms with Crippen LogP contribution in [-0.2, 0) is 9.59 Å². The number of nitrogens with one attached hydrogen (secondary N) is 2. The summed E-state index contributed by atoms with van der Waals surface area (Å²) in [4.78, 5) is 55.3. The van der Waals surface area contributed by atoms with Crippen molar-refractivity contribution >= 4 is 29.6 Å². The Balaban J connectivity index is 0.000000479. The molecule has 2 fully saturated rings. The van der Waals surface area contributed by atoms with E-state index in [4.69, 9.17) is 29.5 Å². The number of hydrogen-bond acceptors (Lipinski definition) is 9. The lowest BCUT2D eigenvalue weighted by atomic mass is 10.1. The fraction of sp³-hybridized carbons (Fsp3) is 0.500. The molecule has 2 aromatic rings. The Morgan fingerprint density at radius 2 is 1.62 bits per heavy atom. The SMILES string of the molecule is CCOc1ncccc1-c1ccc(N2CCNC[C@H]2CC)c(C(=O)N[C@@H]2CCN(C(=O)O)C2)n1.O=C(O)C(F)(F)F.O=C(O)C(F)(F)F. The number of carbonyl (C=O) groups is 4. The first kappa shape index (κ1) is 39.3. The topological polar surface area (TPSA) is 195 Å². The van der Waals surface area contributed by atoms with Gasteiger partial charge in [0, 0.05) is 51.0 Å². The van der Waals surface area contributed by atoms with Crippen molar-refractivity contribution in [2.45, 2.75) is 51.1 Å². The number of aliphatic carboxylic acids is 2. The smallest absolute Gasteiger partial charge is 0.477 e. The molecule has 0 spiro atoms. The van der Waals surface area contributed by atoms with Gasteiger partial charge < -0.3 is 40.5 Å². The van der Waals surface area contributed by atoms with E-state index in [1.165, 1.54) is 4.90 Å². The molecule has 2 aliphatic heterocycles. The van der Waals surface area contributed by atoms with E-state index in [9.17, 15) is 41.0 Å². The monoisotopic (exact) mass is 696 g/mol. The highest BCUT2D eigenvalue weighted by molar-refractivity contribution is 5.99. The second kappa shape index (κ2) is 17.3. The molecule has 0 aliphatic carbocycles. The Morgan fingerprint density at radius 3 is 2.15 bits per heavy atom. The van der Waals surface area contributed by atoms with Crippen molar-refractivity contribution in [1.82, 2.24) is 25.5 Å². The summed E-state index contributed by atoms with van der Waals surface area (Å²) in [7, 11) is 0. The standard InChI is InChI=1S/C24H32N6O4.2C2HF3O2/c1-3-17-14-25-11-13-30(17)20-8-7-19(18-6-5-10-26-23(18)34-4-2)28-21(20)22(31)27-16-9-12-29(15-16)24(32)33;2*3-2(4,5)1(6)7/h5-8,10,16-17,25H,3-4,9,11-15H2,1-2H3,(H,27,31)(H,32,33);2*(H,6,7)/t16-,17-;;/m1../s1. The van der Waals surface area contributed by atoms with Crippen molar-refractivity contribution in [2.24, 2.45) is 0 Å². The van der Waals surface area contributed by atoms with Gasteiger partial charge in [-0.05, 0) is 44.0 Å². The average molecular weight is 697 g/mol. The van der Waals surface area contributed by atoms with Crippen LogP contribution in [0.1, 0.15) is 37.2 Å². The number of halogens is 6. The highest BCUT2D eigenvalue weighted by Crippen LogP contribution is 2.31. The molecule has 266 valence electrons. The number of anilines is 1. The third-order valence-corrected chi connectivity index (χ3v) is 6.83. The second-order valence-electron chi connectivity index (χ2n) is 10.1. The number of hydrogen-bond donors (Lipinski definition) is 5. The summed E-state index contributed by atoms with van der Waals surface area (Å²) in [6.45, 7) is 7.62. The first-order valence-electron chi connectivity index (χ1n) is 14.4. The van der Waals surface area contributed by atoms with Gasteiger partial charge in [-0.25, -0.2) is 24.4 Å². The molecule has 0 unspecified atom stereocenters. The van der Waals surface area contributed by atoms with Gasteiger partial charge in [-0.15, -0.1) is 0 Å². The van der Waals surface area contributed by atoms with Crippen LogP contribution in [0.5, 0.6) is 5.88 Å². The quantitative estimate of drug-likeness (QED) is 0.265. The lowest BCUT2D eigenvalue weighted by molar-refractivity contribution is -0.193. The van der Waals surface area contributed by atoms with Crippen molar-refractivity contribution in [3.63, 3.8) is 0 Å². The van der Waals surface area contributed by atoms with Gasteiger partial charge in [0.2, 0.25) is 5.88 Å². The van der Waals surface area contributed by atoms with Gasteiger partial charge in [0.1, 0.15) is 0 Å². The molecule has 0 aromatic carbocycles. The molecule has 4 rings (SSSR count). The Morgan fingerprint density at radius 1 is 1.00 bits per heavy atom. The van der Waals surface area contributed by atoms with Gasteiger partial charge in [-0.1, -0.05) is 6.92 Å². The third-order valence-electron chi connectivity index (χ3n) is 6.83. The number of pyridine rings is 2. The van der Waals surface area contributed by atoms with Crippen molar-refractivity contribution < 1.29 is 65.6 Å². The molecule has 0 saturated carbocycles. The minimum Gasteiger partial charge on any atom is -0.477 e. The van der Waals surface area contributed by atoms with Crippen molar-refractivity contribution in [2.75, 3.05) is 44.2 Å². The molecule has 14 nitrogen and oxygen atoms in total. The molecule has 2 atom stereocenters. The largest absolute Gasteiger partial charge is 0.490 e. The summed E-state index contributed by atoms with van der Waals surface area (Å²) in [6.07, 6.45) is -7.96. The van der Waals surface area contributed by atoms with E-state index < -0.39 is 30.4 Å². The van der Waals surface area contributed by atoms with Gasteiger partial charge in [0.05, 0.1) is 23.6 Å². The number of likely N-dealkylation sites (tertiary alicyclic amines) is 1. The van der Waals surface area contributed by atoms with Crippen LogP contribution in [0.4, 0.5) is 36.8 Å². The maximum absolute atomic E-state index is 13.5. The summed E-state index contributed by atoms with van der Waals surface area (Å²) < 4.78 is 69.2. The van der Waals surface area contributed by atoms with Gasteiger partial charge in [0.15, 0.2) is 5.69 Å². The molecule has 2 saturated heterocycles. The summed E-state index contributed by atoms with van der Waals surface area (Å²) in [5.41, 5.74) is 2.44. The number of carboxylic acids is 2. The van der Waals surface area contributed by atoms with Crippen LogP contribution < -0.4 is 20.3 Å². The summed E-state index contributed by atoms with van der Waals surface area (Å²) in [6, 6.07) is 7.55. The Hall–Kier alpha value is -4.88. The van der Waals surface area contributed by atoms with Crippen LogP contribution in [0.25, 0.3) is 11.3 Å². The maximum atomic E-state index is 13.5. The zero-order valence-electron chi connectivity index (χ0n) is 25.6. The lowest BCUT2D eigenvalue weighted by Gasteiger charge is -2.38. The minimum absolute atomic E-state index is 0.246. The Bertz CT molecular complexity index is 1400. The molecule has 0 radical (unpaired) electrons. The summed E-state index contributed by atoms with van der Waals surface area (Å²) in [5, 5.41) is 29.9. The van der Waals surface area contributed by atoms with E-state index >= 15 is 0 Å². The fourth-order valence-corrected chi connectivity index (χ4v) is 4.59. The Kier molecular flexibility index (Phi) is 14.2. The molecule has 4 heterocycles. The highest BCUT2D eigenvalue weighted by atomic mass is 19.4.